The number of nitrogens with zero attached hydrogens (tertiary/aromatic N) is 4. The standard InChI is InChI=1S/C18H20N4/c1-3-17-10-19-11-18(21-17)8-15-4-6-16(7-5-15)13-22-12-14(2)9-20-22/h4-7,9-12H,3,8,13H2,1-2H3. The Kier molecular flexibility index (Phi) is 4.28. The molecule has 2 aromatic heterocycles. The third kappa shape index (κ3) is 3.58. The number of hydrogen-bond donors (Lipinski definition) is 0. The van der Waals surface area contributed by atoms with Gasteiger partial charge in [0.25, 0.3) is 0 Å². The summed E-state index contributed by atoms with van der Waals surface area (Å²) in [6.07, 6.45) is 9.36. The fourth-order valence-corrected chi connectivity index (χ4v) is 2.42. The first-order valence-electron chi connectivity index (χ1n) is 7.59. The van der Waals surface area contributed by atoms with Crippen LogP contribution in [0.2, 0.25) is 0 Å². The molecule has 0 atom stereocenters. The minimum atomic E-state index is 0.805. The van der Waals surface area contributed by atoms with Crippen molar-refractivity contribution < 1.29 is 0 Å². The van der Waals surface area contributed by atoms with Crippen molar-refractivity contribution in [1.82, 2.24) is 19.7 Å². The van der Waals surface area contributed by atoms with Crippen molar-refractivity contribution >= 4 is 0 Å². The van der Waals surface area contributed by atoms with Crippen molar-refractivity contribution in [1.29, 1.82) is 0 Å². The second-order valence-electron chi connectivity index (χ2n) is 5.56. The van der Waals surface area contributed by atoms with E-state index in [1.807, 2.05) is 23.3 Å². The Morgan fingerprint density at radius 3 is 2.36 bits per heavy atom. The monoisotopic (exact) mass is 292 g/mol. The minimum Gasteiger partial charge on any atom is -0.268 e. The first-order chi connectivity index (χ1) is 10.7. The van der Waals surface area contributed by atoms with Crippen molar-refractivity contribution in [3.63, 3.8) is 0 Å². The average molecular weight is 292 g/mol. The Hall–Kier alpha value is -2.49. The molecule has 0 bridgehead atoms. The summed E-state index contributed by atoms with van der Waals surface area (Å²) < 4.78 is 1.96. The highest BCUT2D eigenvalue weighted by molar-refractivity contribution is 5.26. The molecule has 0 N–H and O–H groups in total. The molecule has 0 amide bonds. The van der Waals surface area contributed by atoms with Crippen LogP contribution in [0.15, 0.2) is 49.1 Å². The third-order valence-corrected chi connectivity index (χ3v) is 3.61. The molecule has 3 aromatic rings. The van der Waals surface area contributed by atoms with Gasteiger partial charge in [-0.2, -0.15) is 5.10 Å². The lowest BCUT2D eigenvalue weighted by Crippen LogP contribution is -2.01. The summed E-state index contributed by atoms with van der Waals surface area (Å²) in [5.74, 6) is 0. The van der Waals surface area contributed by atoms with Gasteiger partial charge in [0, 0.05) is 25.0 Å². The first kappa shape index (κ1) is 14.4. The lowest BCUT2D eigenvalue weighted by molar-refractivity contribution is 0.686. The van der Waals surface area contributed by atoms with E-state index in [0.29, 0.717) is 0 Å². The zero-order chi connectivity index (χ0) is 15.4. The molecule has 4 nitrogen and oxygen atoms in total. The number of hydrogen-bond acceptors (Lipinski definition) is 3. The van der Waals surface area contributed by atoms with Gasteiger partial charge < -0.3 is 0 Å². The first-order valence-corrected chi connectivity index (χ1v) is 7.59. The van der Waals surface area contributed by atoms with Crippen molar-refractivity contribution in [2.45, 2.75) is 33.2 Å². The molecule has 1 aromatic carbocycles. The highest BCUT2D eigenvalue weighted by Crippen LogP contribution is 2.11. The summed E-state index contributed by atoms with van der Waals surface area (Å²) in [5.41, 5.74) is 5.76. The van der Waals surface area contributed by atoms with E-state index in [1.165, 1.54) is 16.7 Å². The Labute approximate surface area is 130 Å². The van der Waals surface area contributed by atoms with Crippen molar-refractivity contribution in [2.24, 2.45) is 0 Å². The maximum absolute atomic E-state index is 4.60. The van der Waals surface area contributed by atoms with Crippen molar-refractivity contribution in [3.8, 4) is 0 Å². The summed E-state index contributed by atoms with van der Waals surface area (Å²) >= 11 is 0. The van der Waals surface area contributed by atoms with Crippen LogP contribution in [0.5, 0.6) is 0 Å². The summed E-state index contributed by atoms with van der Waals surface area (Å²) in [6, 6.07) is 8.63. The van der Waals surface area contributed by atoms with Gasteiger partial charge in [-0.15, -0.1) is 0 Å². The molecule has 0 radical (unpaired) electrons. The molecule has 0 saturated carbocycles. The quantitative estimate of drug-likeness (QED) is 0.725. The van der Waals surface area contributed by atoms with Crippen LogP contribution in [-0.2, 0) is 19.4 Å². The fraction of sp³-hybridized carbons (Fsp3) is 0.278. The number of aromatic nitrogens is 4. The average Bonchev–Trinajstić information content (AvgIpc) is 2.94. The molecule has 0 aliphatic carbocycles. The van der Waals surface area contributed by atoms with Crippen LogP contribution in [0.4, 0.5) is 0 Å². The van der Waals surface area contributed by atoms with Gasteiger partial charge in [0.2, 0.25) is 0 Å². The molecule has 4 heteroatoms. The van der Waals surface area contributed by atoms with E-state index in [0.717, 1.165) is 30.8 Å². The van der Waals surface area contributed by atoms with Gasteiger partial charge in [0.15, 0.2) is 0 Å². The number of aryl methyl sites for hydroxylation is 2. The van der Waals surface area contributed by atoms with Crippen molar-refractivity contribution in [3.05, 3.63) is 77.1 Å². The van der Waals surface area contributed by atoms with E-state index in [1.54, 1.807) is 0 Å². The molecule has 0 unspecified atom stereocenters. The highest BCUT2D eigenvalue weighted by Gasteiger charge is 2.02. The maximum Gasteiger partial charge on any atom is 0.0659 e. The van der Waals surface area contributed by atoms with E-state index in [-0.39, 0.29) is 0 Å². The molecule has 22 heavy (non-hydrogen) atoms. The molecule has 112 valence electrons. The maximum atomic E-state index is 4.60. The molecule has 0 saturated heterocycles. The Morgan fingerprint density at radius 2 is 1.68 bits per heavy atom. The van der Waals surface area contributed by atoms with Gasteiger partial charge in [0.05, 0.1) is 24.1 Å². The van der Waals surface area contributed by atoms with Crippen LogP contribution in [0.3, 0.4) is 0 Å². The molecule has 0 fully saturated rings. The van der Waals surface area contributed by atoms with Crippen LogP contribution < -0.4 is 0 Å². The third-order valence-electron chi connectivity index (χ3n) is 3.61. The summed E-state index contributed by atoms with van der Waals surface area (Å²) in [6.45, 7) is 4.96. The highest BCUT2D eigenvalue weighted by atomic mass is 15.3. The summed E-state index contributed by atoms with van der Waals surface area (Å²) in [7, 11) is 0. The lowest BCUT2D eigenvalue weighted by Gasteiger charge is -2.05. The second kappa shape index (κ2) is 6.52. The molecule has 2 heterocycles. The molecule has 0 spiro atoms. The van der Waals surface area contributed by atoms with Crippen LogP contribution >= 0.6 is 0 Å². The zero-order valence-corrected chi connectivity index (χ0v) is 13.0. The Morgan fingerprint density at radius 1 is 0.955 bits per heavy atom. The van der Waals surface area contributed by atoms with Crippen LogP contribution in [0.1, 0.15) is 35.0 Å². The lowest BCUT2D eigenvalue weighted by atomic mass is 10.1. The Balaban J connectivity index is 1.68. The second-order valence-corrected chi connectivity index (χ2v) is 5.56. The van der Waals surface area contributed by atoms with Gasteiger partial charge in [-0.25, -0.2) is 0 Å². The molecule has 0 aliphatic rings. The summed E-state index contributed by atoms with van der Waals surface area (Å²) in [4.78, 5) is 8.86. The van der Waals surface area contributed by atoms with Gasteiger partial charge in [-0.1, -0.05) is 31.2 Å². The van der Waals surface area contributed by atoms with Crippen LogP contribution in [-0.4, -0.2) is 19.7 Å². The SMILES string of the molecule is CCc1cncc(Cc2ccc(Cn3cc(C)cn3)cc2)n1. The molecule has 0 aliphatic heterocycles. The number of benzene rings is 1. The number of rotatable bonds is 5. The van der Waals surface area contributed by atoms with Crippen LogP contribution in [0, 0.1) is 6.92 Å². The van der Waals surface area contributed by atoms with Gasteiger partial charge in [-0.05, 0) is 30.0 Å². The van der Waals surface area contributed by atoms with E-state index in [9.17, 15) is 0 Å². The van der Waals surface area contributed by atoms with E-state index in [4.69, 9.17) is 0 Å². The van der Waals surface area contributed by atoms with E-state index >= 15 is 0 Å². The van der Waals surface area contributed by atoms with Gasteiger partial charge >= 0.3 is 0 Å². The molecular weight excluding hydrogens is 272 g/mol. The van der Waals surface area contributed by atoms with E-state index in [2.05, 4.69) is 59.4 Å². The normalized spacial score (nSPS) is 10.8. The van der Waals surface area contributed by atoms with Crippen molar-refractivity contribution in [2.75, 3.05) is 0 Å². The Bertz CT molecular complexity index is 744. The van der Waals surface area contributed by atoms with Gasteiger partial charge in [0.1, 0.15) is 0 Å². The van der Waals surface area contributed by atoms with Gasteiger partial charge in [-0.3, -0.25) is 14.6 Å². The molecular formula is C18H20N4. The zero-order valence-electron chi connectivity index (χ0n) is 13.0. The van der Waals surface area contributed by atoms with E-state index < -0.39 is 0 Å². The largest absolute Gasteiger partial charge is 0.268 e. The summed E-state index contributed by atoms with van der Waals surface area (Å²) in [5, 5.41) is 4.32. The topological polar surface area (TPSA) is 43.6 Å². The predicted molar refractivity (Wildman–Crippen MR) is 86.7 cm³/mol. The fourth-order valence-electron chi connectivity index (χ4n) is 2.42. The predicted octanol–water partition coefficient (Wildman–Crippen LogP) is 3.18. The minimum absolute atomic E-state index is 0.805. The van der Waals surface area contributed by atoms with Crippen LogP contribution in [0.25, 0.3) is 0 Å². The molecule has 3 rings (SSSR count). The smallest absolute Gasteiger partial charge is 0.0659 e.